The SMILES string of the molecule is CCNc1nc(NCC(=O)OC)nc(N2CCCCC2)n1. The van der Waals surface area contributed by atoms with Gasteiger partial charge in [-0.05, 0) is 26.2 Å². The van der Waals surface area contributed by atoms with E-state index in [1.165, 1.54) is 13.5 Å². The summed E-state index contributed by atoms with van der Waals surface area (Å²) in [5, 5.41) is 5.95. The summed E-state index contributed by atoms with van der Waals surface area (Å²) in [7, 11) is 1.35. The first kappa shape index (κ1) is 15.3. The van der Waals surface area contributed by atoms with Gasteiger partial charge in [-0.25, -0.2) is 0 Å². The van der Waals surface area contributed by atoms with E-state index >= 15 is 0 Å². The van der Waals surface area contributed by atoms with Gasteiger partial charge in [0.15, 0.2) is 0 Å². The summed E-state index contributed by atoms with van der Waals surface area (Å²) in [6.07, 6.45) is 3.54. The first-order chi connectivity index (χ1) is 10.2. The highest BCUT2D eigenvalue weighted by molar-refractivity contribution is 5.74. The topological polar surface area (TPSA) is 92.3 Å². The monoisotopic (exact) mass is 294 g/mol. The molecule has 0 amide bonds. The standard InChI is InChI=1S/C13H22N6O2/c1-3-14-11-16-12(15-9-10(20)21-2)18-13(17-11)19-7-5-4-6-8-19/h3-9H2,1-2H3,(H2,14,15,16,17,18). The number of carbonyl (C=O) groups excluding carboxylic acids is 1. The molecule has 0 bridgehead atoms. The van der Waals surface area contributed by atoms with Gasteiger partial charge in [0, 0.05) is 19.6 Å². The van der Waals surface area contributed by atoms with Gasteiger partial charge < -0.3 is 20.3 Å². The van der Waals surface area contributed by atoms with E-state index in [9.17, 15) is 4.79 Å². The minimum absolute atomic E-state index is 0.0333. The average molecular weight is 294 g/mol. The molecule has 0 saturated carbocycles. The molecule has 21 heavy (non-hydrogen) atoms. The van der Waals surface area contributed by atoms with Gasteiger partial charge in [-0.3, -0.25) is 4.79 Å². The largest absolute Gasteiger partial charge is 0.468 e. The predicted molar refractivity (Wildman–Crippen MR) is 80.6 cm³/mol. The number of methoxy groups -OCH3 is 1. The van der Waals surface area contributed by atoms with Crippen LogP contribution in [0.25, 0.3) is 0 Å². The molecule has 2 rings (SSSR count). The normalized spacial score (nSPS) is 14.7. The Kier molecular flexibility index (Phi) is 5.53. The lowest BCUT2D eigenvalue weighted by Gasteiger charge is -2.27. The first-order valence-corrected chi connectivity index (χ1v) is 7.28. The summed E-state index contributed by atoms with van der Waals surface area (Å²) in [6, 6.07) is 0. The lowest BCUT2D eigenvalue weighted by Crippen LogP contribution is -2.31. The Labute approximate surface area is 124 Å². The van der Waals surface area contributed by atoms with Crippen LogP contribution in [-0.4, -0.2) is 54.2 Å². The Morgan fingerprint density at radius 1 is 1.14 bits per heavy atom. The van der Waals surface area contributed by atoms with Crippen molar-refractivity contribution in [3.8, 4) is 0 Å². The van der Waals surface area contributed by atoms with E-state index in [4.69, 9.17) is 0 Å². The van der Waals surface area contributed by atoms with Crippen molar-refractivity contribution >= 4 is 23.8 Å². The molecule has 1 aromatic heterocycles. The molecule has 8 nitrogen and oxygen atoms in total. The molecular formula is C13H22N6O2. The van der Waals surface area contributed by atoms with Gasteiger partial charge in [-0.15, -0.1) is 0 Å². The molecule has 1 aromatic rings. The van der Waals surface area contributed by atoms with Gasteiger partial charge in [-0.2, -0.15) is 15.0 Å². The summed E-state index contributed by atoms with van der Waals surface area (Å²) in [5.41, 5.74) is 0. The molecule has 1 saturated heterocycles. The van der Waals surface area contributed by atoms with E-state index in [1.54, 1.807) is 0 Å². The van der Waals surface area contributed by atoms with Gasteiger partial charge in [0.1, 0.15) is 6.54 Å². The van der Waals surface area contributed by atoms with Crippen LogP contribution in [0, 0.1) is 0 Å². The molecule has 8 heteroatoms. The molecule has 2 N–H and O–H groups in total. The van der Waals surface area contributed by atoms with Gasteiger partial charge in [0.25, 0.3) is 0 Å². The maximum absolute atomic E-state index is 11.2. The Hall–Kier alpha value is -2.12. The minimum Gasteiger partial charge on any atom is -0.468 e. The summed E-state index contributed by atoms with van der Waals surface area (Å²) >= 11 is 0. The van der Waals surface area contributed by atoms with Gasteiger partial charge in [-0.1, -0.05) is 0 Å². The maximum atomic E-state index is 11.2. The van der Waals surface area contributed by atoms with E-state index in [0.29, 0.717) is 17.8 Å². The molecule has 0 atom stereocenters. The number of hydrogen-bond donors (Lipinski definition) is 2. The summed E-state index contributed by atoms with van der Waals surface area (Å²) in [4.78, 5) is 26.4. The number of anilines is 3. The Morgan fingerprint density at radius 2 is 1.81 bits per heavy atom. The van der Waals surface area contributed by atoms with Crippen LogP contribution in [0.4, 0.5) is 17.8 Å². The Balaban J connectivity index is 2.14. The fraction of sp³-hybridized carbons (Fsp3) is 0.692. The minimum atomic E-state index is -0.361. The average Bonchev–Trinajstić information content (AvgIpc) is 2.53. The second-order valence-electron chi connectivity index (χ2n) is 4.79. The van der Waals surface area contributed by atoms with E-state index in [2.05, 4.69) is 35.2 Å². The number of nitrogens with zero attached hydrogens (tertiary/aromatic N) is 4. The van der Waals surface area contributed by atoms with E-state index in [1.807, 2.05) is 6.92 Å². The van der Waals surface area contributed by atoms with Crippen molar-refractivity contribution in [3.05, 3.63) is 0 Å². The first-order valence-electron chi connectivity index (χ1n) is 7.28. The van der Waals surface area contributed by atoms with Crippen LogP contribution < -0.4 is 15.5 Å². The number of piperidine rings is 1. The fourth-order valence-corrected chi connectivity index (χ4v) is 2.14. The predicted octanol–water partition coefficient (Wildman–Crippen LogP) is 0.879. The molecule has 0 unspecified atom stereocenters. The van der Waals surface area contributed by atoms with Gasteiger partial charge in [0.2, 0.25) is 17.8 Å². The number of nitrogens with one attached hydrogen (secondary N) is 2. The van der Waals surface area contributed by atoms with Crippen LogP contribution in [0.1, 0.15) is 26.2 Å². The fourth-order valence-electron chi connectivity index (χ4n) is 2.14. The van der Waals surface area contributed by atoms with Crippen LogP contribution in [0.3, 0.4) is 0 Å². The summed E-state index contributed by atoms with van der Waals surface area (Å²) in [5.74, 6) is 1.18. The van der Waals surface area contributed by atoms with Crippen LogP contribution in [0.2, 0.25) is 0 Å². The summed E-state index contributed by atoms with van der Waals surface area (Å²) < 4.78 is 4.60. The number of esters is 1. The quantitative estimate of drug-likeness (QED) is 0.747. The third-order valence-electron chi connectivity index (χ3n) is 3.22. The van der Waals surface area contributed by atoms with E-state index in [0.717, 1.165) is 32.5 Å². The molecular weight excluding hydrogens is 272 g/mol. The molecule has 0 aromatic carbocycles. The van der Waals surface area contributed by atoms with Crippen molar-refractivity contribution in [2.45, 2.75) is 26.2 Å². The molecule has 0 aliphatic carbocycles. The zero-order chi connectivity index (χ0) is 15.1. The molecule has 2 heterocycles. The second-order valence-corrected chi connectivity index (χ2v) is 4.79. The Bertz CT molecular complexity index is 476. The van der Waals surface area contributed by atoms with Crippen LogP contribution in [-0.2, 0) is 9.53 Å². The summed E-state index contributed by atoms with van der Waals surface area (Å²) in [6.45, 7) is 4.63. The van der Waals surface area contributed by atoms with E-state index < -0.39 is 0 Å². The molecule has 1 aliphatic heterocycles. The number of carbonyl (C=O) groups is 1. The Morgan fingerprint density at radius 3 is 2.43 bits per heavy atom. The number of ether oxygens (including phenoxy) is 1. The smallest absolute Gasteiger partial charge is 0.325 e. The molecule has 0 radical (unpaired) electrons. The zero-order valence-electron chi connectivity index (χ0n) is 12.6. The van der Waals surface area contributed by atoms with Crippen LogP contribution in [0.5, 0.6) is 0 Å². The van der Waals surface area contributed by atoms with Crippen molar-refractivity contribution < 1.29 is 9.53 Å². The molecule has 116 valence electrons. The van der Waals surface area contributed by atoms with Crippen molar-refractivity contribution in [2.24, 2.45) is 0 Å². The highest BCUT2D eigenvalue weighted by Crippen LogP contribution is 2.18. The highest BCUT2D eigenvalue weighted by Gasteiger charge is 2.16. The van der Waals surface area contributed by atoms with Crippen LogP contribution >= 0.6 is 0 Å². The zero-order valence-corrected chi connectivity index (χ0v) is 12.6. The lowest BCUT2D eigenvalue weighted by molar-refractivity contribution is -0.138. The molecule has 1 fully saturated rings. The van der Waals surface area contributed by atoms with Gasteiger partial charge in [0.05, 0.1) is 7.11 Å². The highest BCUT2D eigenvalue weighted by atomic mass is 16.5. The molecule has 0 spiro atoms. The molecule has 1 aliphatic rings. The second kappa shape index (κ2) is 7.61. The van der Waals surface area contributed by atoms with Crippen molar-refractivity contribution in [3.63, 3.8) is 0 Å². The number of aromatic nitrogens is 3. The van der Waals surface area contributed by atoms with Gasteiger partial charge >= 0.3 is 5.97 Å². The van der Waals surface area contributed by atoms with Crippen molar-refractivity contribution in [2.75, 3.05) is 48.8 Å². The van der Waals surface area contributed by atoms with Crippen molar-refractivity contribution in [1.82, 2.24) is 15.0 Å². The third-order valence-corrected chi connectivity index (χ3v) is 3.22. The number of hydrogen-bond acceptors (Lipinski definition) is 8. The third kappa shape index (κ3) is 4.44. The maximum Gasteiger partial charge on any atom is 0.325 e. The lowest BCUT2D eigenvalue weighted by atomic mass is 10.1. The van der Waals surface area contributed by atoms with Crippen molar-refractivity contribution in [1.29, 1.82) is 0 Å². The van der Waals surface area contributed by atoms with E-state index in [-0.39, 0.29) is 12.5 Å². The van der Waals surface area contributed by atoms with Crippen LogP contribution in [0.15, 0.2) is 0 Å². The number of rotatable bonds is 6.